The van der Waals surface area contributed by atoms with Crippen molar-refractivity contribution in [3.05, 3.63) is 0 Å². The van der Waals surface area contributed by atoms with Crippen LogP contribution in [0.2, 0.25) is 0 Å². The smallest absolute Gasteiger partial charge is 0.243 e. The first kappa shape index (κ1) is 14.8. The Morgan fingerprint density at radius 1 is 1.05 bits per heavy atom. The molecule has 2 amide bonds. The minimum absolute atomic E-state index is 0.0685. The van der Waals surface area contributed by atoms with Crippen molar-refractivity contribution in [1.82, 2.24) is 10.2 Å². The van der Waals surface area contributed by atoms with Gasteiger partial charge in [-0.2, -0.15) is 0 Å². The molecule has 21 heavy (non-hydrogen) atoms. The summed E-state index contributed by atoms with van der Waals surface area (Å²) in [4.78, 5) is 26.8. The van der Waals surface area contributed by atoms with Gasteiger partial charge in [-0.1, -0.05) is 0 Å². The Morgan fingerprint density at radius 2 is 1.76 bits per heavy atom. The van der Waals surface area contributed by atoms with Crippen LogP contribution in [0.5, 0.6) is 0 Å². The van der Waals surface area contributed by atoms with Crippen molar-refractivity contribution < 1.29 is 9.59 Å². The van der Waals surface area contributed by atoms with Gasteiger partial charge in [0.15, 0.2) is 0 Å². The molecular weight excluding hydrogens is 266 g/mol. The normalized spacial score (nSPS) is 33.0. The molecule has 1 heterocycles. The molecule has 3 rings (SSSR count). The maximum Gasteiger partial charge on any atom is 0.243 e. The van der Waals surface area contributed by atoms with Crippen LogP contribution in [0.3, 0.4) is 0 Å². The van der Waals surface area contributed by atoms with Crippen LogP contribution in [0.15, 0.2) is 0 Å². The summed E-state index contributed by atoms with van der Waals surface area (Å²) in [5.41, 5.74) is 5.71. The summed E-state index contributed by atoms with van der Waals surface area (Å²) < 4.78 is 0. The molecule has 0 spiro atoms. The molecule has 3 aliphatic rings. The van der Waals surface area contributed by atoms with E-state index in [1.165, 1.54) is 0 Å². The predicted molar refractivity (Wildman–Crippen MR) is 80.4 cm³/mol. The quantitative estimate of drug-likeness (QED) is 0.812. The first-order chi connectivity index (χ1) is 10.2. The van der Waals surface area contributed by atoms with Crippen LogP contribution in [0.1, 0.15) is 51.4 Å². The van der Waals surface area contributed by atoms with Gasteiger partial charge >= 0.3 is 0 Å². The summed E-state index contributed by atoms with van der Waals surface area (Å²) in [5, 5.41) is 3.05. The van der Waals surface area contributed by atoms with Crippen LogP contribution in [0, 0.1) is 11.8 Å². The Morgan fingerprint density at radius 3 is 2.38 bits per heavy atom. The molecule has 1 atom stereocenters. The minimum Gasteiger partial charge on any atom is -0.352 e. The average Bonchev–Trinajstić information content (AvgIpc) is 3.18. The van der Waals surface area contributed by atoms with Crippen LogP contribution < -0.4 is 11.1 Å². The van der Waals surface area contributed by atoms with Crippen molar-refractivity contribution in [3.8, 4) is 0 Å². The second-order valence-electron chi connectivity index (χ2n) is 6.93. The summed E-state index contributed by atoms with van der Waals surface area (Å²) in [6.07, 6.45) is 7.95. The number of hydrogen-bond donors (Lipinski definition) is 2. The SMILES string of the molecule is NCC1CCC(C(=O)N2CCCC2C(=O)NC2CC2)CC1. The summed E-state index contributed by atoms with van der Waals surface area (Å²) in [7, 11) is 0. The second kappa shape index (κ2) is 6.34. The van der Waals surface area contributed by atoms with E-state index in [4.69, 9.17) is 5.73 Å². The molecule has 2 saturated carbocycles. The molecule has 0 bridgehead atoms. The van der Waals surface area contributed by atoms with Crippen LogP contribution in [-0.4, -0.2) is 41.9 Å². The third-order valence-corrected chi connectivity index (χ3v) is 5.29. The van der Waals surface area contributed by atoms with Gasteiger partial charge in [0.25, 0.3) is 0 Å². The van der Waals surface area contributed by atoms with E-state index in [9.17, 15) is 9.59 Å². The highest BCUT2D eigenvalue weighted by Gasteiger charge is 2.39. The van der Waals surface area contributed by atoms with Crippen molar-refractivity contribution in [2.45, 2.75) is 63.5 Å². The van der Waals surface area contributed by atoms with E-state index in [1.807, 2.05) is 4.90 Å². The Labute approximate surface area is 126 Å². The molecule has 0 aromatic rings. The molecule has 0 aromatic carbocycles. The third kappa shape index (κ3) is 3.39. The van der Waals surface area contributed by atoms with Gasteiger partial charge in [-0.05, 0) is 63.8 Å². The number of nitrogens with zero attached hydrogens (tertiary/aromatic N) is 1. The molecule has 5 nitrogen and oxygen atoms in total. The predicted octanol–water partition coefficient (Wildman–Crippen LogP) is 1.02. The van der Waals surface area contributed by atoms with E-state index in [2.05, 4.69) is 5.32 Å². The summed E-state index contributed by atoms with van der Waals surface area (Å²) >= 11 is 0. The van der Waals surface area contributed by atoms with Crippen molar-refractivity contribution in [1.29, 1.82) is 0 Å². The molecule has 1 unspecified atom stereocenters. The zero-order chi connectivity index (χ0) is 14.8. The second-order valence-corrected chi connectivity index (χ2v) is 6.93. The van der Waals surface area contributed by atoms with Gasteiger partial charge in [-0.15, -0.1) is 0 Å². The minimum atomic E-state index is -0.217. The first-order valence-corrected chi connectivity index (χ1v) is 8.50. The largest absolute Gasteiger partial charge is 0.352 e. The van der Waals surface area contributed by atoms with Crippen molar-refractivity contribution >= 4 is 11.8 Å². The zero-order valence-electron chi connectivity index (χ0n) is 12.7. The molecule has 1 saturated heterocycles. The van der Waals surface area contributed by atoms with Gasteiger partial charge < -0.3 is 16.0 Å². The number of hydrogen-bond acceptors (Lipinski definition) is 3. The van der Waals surface area contributed by atoms with Crippen molar-refractivity contribution in [2.75, 3.05) is 13.1 Å². The standard InChI is InChI=1S/C16H27N3O2/c17-10-11-3-5-12(6-4-11)16(21)19-9-1-2-14(19)15(20)18-13-7-8-13/h11-14H,1-10,17H2,(H,18,20). The van der Waals surface area contributed by atoms with Gasteiger partial charge in [0.05, 0.1) is 0 Å². The number of amides is 2. The highest BCUT2D eigenvalue weighted by atomic mass is 16.2. The van der Waals surface area contributed by atoms with Gasteiger partial charge in [0.2, 0.25) is 11.8 Å². The average molecular weight is 293 g/mol. The highest BCUT2D eigenvalue weighted by Crippen LogP contribution is 2.32. The number of carbonyl (C=O) groups is 2. The lowest BCUT2D eigenvalue weighted by Crippen LogP contribution is -2.48. The lowest BCUT2D eigenvalue weighted by molar-refractivity contribution is -0.142. The summed E-state index contributed by atoms with van der Waals surface area (Å²) in [6, 6.07) is 0.153. The number of carbonyl (C=O) groups excluding carboxylic acids is 2. The highest BCUT2D eigenvalue weighted by molar-refractivity contribution is 5.89. The summed E-state index contributed by atoms with van der Waals surface area (Å²) in [5.74, 6) is 0.974. The number of rotatable bonds is 4. The van der Waals surface area contributed by atoms with Crippen molar-refractivity contribution in [2.24, 2.45) is 17.6 Å². The molecule has 0 radical (unpaired) electrons. The molecule has 3 N–H and O–H groups in total. The zero-order valence-corrected chi connectivity index (χ0v) is 12.7. The van der Waals surface area contributed by atoms with Crippen LogP contribution >= 0.6 is 0 Å². The fourth-order valence-corrected chi connectivity index (χ4v) is 3.71. The topological polar surface area (TPSA) is 75.4 Å². The number of nitrogens with two attached hydrogens (primary N) is 1. The van der Waals surface area contributed by atoms with Gasteiger partial charge in [-0.3, -0.25) is 9.59 Å². The van der Waals surface area contributed by atoms with E-state index in [0.717, 1.165) is 64.5 Å². The summed E-state index contributed by atoms with van der Waals surface area (Å²) in [6.45, 7) is 1.48. The Bertz CT molecular complexity index is 400. The Hall–Kier alpha value is -1.10. The molecular formula is C16H27N3O2. The van der Waals surface area contributed by atoms with Crippen LogP contribution in [-0.2, 0) is 9.59 Å². The van der Waals surface area contributed by atoms with Crippen LogP contribution in [0.25, 0.3) is 0 Å². The van der Waals surface area contributed by atoms with E-state index in [0.29, 0.717) is 12.0 Å². The number of likely N-dealkylation sites (tertiary alicyclic amines) is 1. The van der Waals surface area contributed by atoms with Gasteiger partial charge in [-0.25, -0.2) is 0 Å². The lowest BCUT2D eigenvalue weighted by Gasteiger charge is -2.32. The Balaban J connectivity index is 1.56. The fraction of sp³-hybridized carbons (Fsp3) is 0.875. The molecule has 3 fully saturated rings. The van der Waals surface area contributed by atoms with E-state index < -0.39 is 0 Å². The molecule has 0 aromatic heterocycles. The van der Waals surface area contributed by atoms with E-state index >= 15 is 0 Å². The number of nitrogens with one attached hydrogen (secondary N) is 1. The third-order valence-electron chi connectivity index (χ3n) is 5.29. The molecule has 1 aliphatic heterocycles. The first-order valence-electron chi connectivity index (χ1n) is 8.50. The molecule has 2 aliphatic carbocycles. The van der Waals surface area contributed by atoms with E-state index in [1.54, 1.807) is 0 Å². The fourth-order valence-electron chi connectivity index (χ4n) is 3.71. The molecule has 118 valence electrons. The lowest BCUT2D eigenvalue weighted by atomic mass is 9.81. The molecule has 5 heteroatoms. The van der Waals surface area contributed by atoms with Gasteiger partial charge in [0.1, 0.15) is 6.04 Å². The maximum absolute atomic E-state index is 12.7. The van der Waals surface area contributed by atoms with Gasteiger partial charge in [0, 0.05) is 18.5 Å². The van der Waals surface area contributed by atoms with E-state index in [-0.39, 0.29) is 23.8 Å². The Kier molecular flexibility index (Phi) is 4.48. The maximum atomic E-state index is 12.7. The van der Waals surface area contributed by atoms with Crippen LogP contribution in [0.4, 0.5) is 0 Å². The van der Waals surface area contributed by atoms with Crippen molar-refractivity contribution in [3.63, 3.8) is 0 Å². The monoisotopic (exact) mass is 293 g/mol.